The molecule has 0 atom stereocenters. The maximum absolute atomic E-state index is 12.0. The molecular weight excluding hydrogens is 210 g/mol. The Hall–Kier alpha value is -1.57. The first-order valence-electron chi connectivity index (χ1n) is 6.21. The number of nitrogens with one attached hydrogen (secondary N) is 1. The van der Waals surface area contributed by atoms with Gasteiger partial charge in [0.1, 0.15) is 0 Å². The monoisotopic (exact) mass is 231 g/mol. The summed E-state index contributed by atoms with van der Waals surface area (Å²) < 4.78 is 0. The van der Waals surface area contributed by atoms with Crippen molar-refractivity contribution in [1.29, 1.82) is 0 Å². The number of carbonyl (C=O) groups excluding carboxylic acids is 1. The van der Waals surface area contributed by atoms with Crippen LogP contribution in [0.4, 0.5) is 0 Å². The quantitative estimate of drug-likeness (QED) is 0.745. The Labute approximate surface area is 104 Å². The number of rotatable bonds is 6. The van der Waals surface area contributed by atoms with Crippen LogP contribution in [0.1, 0.15) is 47.7 Å². The fraction of sp³-hybridized carbons (Fsp3) is 0.400. The highest BCUT2D eigenvalue weighted by Gasteiger charge is 2.09. The van der Waals surface area contributed by atoms with Gasteiger partial charge in [0.05, 0.1) is 0 Å². The highest BCUT2D eigenvalue weighted by molar-refractivity contribution is 5.98. The van der Waals surface area contributed by atoms with E-state index < -0.39 is 0 Å². The molecule has 0 bridgehead atoms. The molecule has 0 aliphatic rings. The van der Waals surface area contributed by atoms with E-state index in [4.69, 9.17) is 0 Å². The summed E-state index contributed by atoms with van der Waals surface area (Å²) in [5.41, 5.74) is 2.73. The van der Waals surface area contributed by atoms with Crippen LogP contribution in [0.5, 0.6) is 0 Å². The van der Waals surface area contributed by atoms with Gasteiger partial charge in [0.15, 0.2) is 0 Å². The zero-order valence-corrected chi connectivity index (χ0v) is 10.8. The second kappa shape index (κ2) is 6.89. The van der Waals surface area contributed by atoms with Crippen LogP contribution >= 0.6 is 0 Å². The molecule has 2 nitrogen and oxygen atoms in total. The average Bonchev–Trinajstić information content (AvgIpc) is 2.34. The minimum absolute atomic E-state index is 0.000275. The predicted molar refractivity (Wildman–Crippen MR) is 73.1 cm³/mol. The van der Waals surface area contributed by atoms with Crippen molar-refractivity contribution in [2.75, 3.05) is 6.54 Å². The zero-order chi connectivity index (χ0) is 12.7. The van der Waals surface area contributed by atoms with E-state index in [1.165, 1.54) is 0 Å². The number of amides is 1. The van der Waals surface area contributed by atoms with Crippen LogP contribution in [-0.4, -0.2) is 12.5 Å². The summed E-state index contributed by atoms with van der Waals surface area (Å²) in [7, 11) is 0. The molecule has 0 aliphatic carbocycles. The zero-order valence-electron chi connectivity index (χ0n) is 10.8. The van der Waals surface area contributed by atoms with Gasteiger partial charge in [-0.2, -0.15) is 0 Å². The molecule has 1 aromatic rings. The molecule has 1 aromatic carbocycles. The van der Waals surface area contributed by atoms with Crippen molar-refractivity contribution in [2.24, 2.45) is 0 Å². The van der Waals surface area contributed by atoms with Crippen LogP contribution in [0.25, 0.3) is 6.08 Å². The molecule has 92 valence electrons. The molecule has 0 saturated carbocycles. The van der Waals surface area contributed by atoms with Gasteiger partial charge in [-0.3, -0.25) is 4.79 Å². The molecule has 0 unspecified atom stereocenters. The van der Waals surface area contributed by atoms with E-state index in [0.717, 1.165) is 42.5 Å². The van der Waals surface area contributed by atoms with Gasteiger partial charge >= 0.3 is 0 Å². The Kier molecular flexibility index (Phi) is 5.47. The lowest BCUT2D eigenvalue weighted by Gasteiger charge is -2.09. The molecule has 2 heteroatoms. The van der Waals surface area contributed by atoms with Gasteiger partial charge in [-0.25, -0.2) is 0 Å². The number of hydrogen-bond donors (Lipinski definition) is 1. The molecule has 1 amide bonds. The van der Waals surface area contributed by atoms with Crippen LogP contribution < -0.4 is 5.32 Å². The Balaban J connectivity index is 2.68. The second-order valence-electron chi connectivity index (χ2n) is 4.20. The third-order valence-electron chi connectivity index (χ3n) is 2.84. The lowest BCUT2D eigenvalue weighted by atomic mass is 10.0. The highest BCUT2D eigenvalue weighted by atomic mass is 16.1. The summed E-state index contributed by atoms with van der Waals surface area (Å²) in [5.74, 6) is -0.000275. The standard InChI is InChI=1S/C15H21NO/c1-4-6-7-11-16-15(17)14-10-8-9-12(3)13(14)5-2/h5,8-10H,2,4,6-7,11H2,1,3H3,(H,16,17). The van der Waals surface area contributed by atoms with E-state index in [1.807, 2.05) is 25.1 Å². The van der Waals surface area contributed by atoms with Gasteiger partial charge in [0.2, 0.25) is 0 Å². The molecule has 0 aliphatic heterocycles. The number of benzene rings is 1. The largest absolute Gasteiger partial charge is 0.352 e. The minimum Gasteiger partial charge on any atom is -0.352 e. The molecule has 0 radical (unpaired) electrons. The van der Waals surface area contributed by atoms with Crippen LogP contribution in [0.3, 0.4) is 0 Å². The third-order valence-corrected chi connectivity index (χ3v) is 2.84. The lowest BCUT2D eigenvalue weighted by molar-refractivity contribution is 0.0952. The fourth-order valence-electron chi connectivity index (χ4n) is 1.82. The van der Waals surface area contributed by atoms with Crippen LogP contribution in [0, 0.1) is 6.92 Å². The van der Waals surface area contributed by atoms with E-state index in [-0.39, 0.29) is 5.91 Å². The molecule has 0 spiro atoms. The Bertz CT molecular complexity index is 396. The highest BCUT2D eigenvalue weighted by Crippen LogP contribution is 2.15. The molecule has 0 fully saturated rings. The maximum atomic E-state index is 12.0. The van der Waals surface area contributed by atoms with Gasteiger partial charge < -0.3 is 5.32 Å². The first kappa shape index (κ1) is 13.5. The summed E-state index contributed by atoms with van der Waals surface area (Å²) in [6, 6.07) is 5.74. The summed E-state index contributed by atoms with van der Waals surface area (Å²) in [6.45, 7) is 8.65. The lowest BCUT2D eigenvalue weighted by Crippen LogP contribution is -2.25. The van der Waals surface area contributed by atoms with Gasteiger partial charge in [0.25, 0.3) is 5.91 Å². The van der Waals surface area contributed by atoms with E-state index in [9.17, 15) is 4.79 Å². The Morgan fingerprint density at radius 3 is 2.82 bits per heavy atom. The summed E-state index contributed by atoms with van der Waals surface area (Å²) in [6.07, 6.45) is 5.11. The summed E-state index contributed by atoms with van der Waals surface area (Å²) in [5, 5.41) is 2.95. The first-order chi connectivity index (χ1) is 8.20. The maximum Gasteiger partial charge on any atom is 0.251 e. The molecule has 0 aromatic heterocycles. The Morgan fingerprint density at radius 1 is 1.41 bits per heavy atom. The summed E-state index contributed by atoms with van der Waals surface area (Å²) >= 11 is 0. The van der Waals surface area contributed by atoms with Crippen molar-refractivity contribution < 1.29 is 4.79 Å². The van der Waals surface area contributed by atoms with Gasteiger partial charge in [-0.1, -0.05) is 44.6 Å². The normalized spacial score (nSPS) is 10.0. The topological polar surface area (TPSA) is 29.1 Å². The van der Waals surface area contributed by atoms with Crippen molar-refractivity contribution in [1.82, 2.24) is 5.32 Å². The fourth-order valence-corrected chi connectivity index (χ4v) is 1.82. The van der Waals surface area contributed by atoms with E-state index >= 15 is 0 Å². The number of aryl methyl sites for hydroxylation is 1. The van der Waals surface area contributed by atoms with Crippen molar-refractivity contribution in [3.63, 3.8) is 0 Å². The minimum atomic E-state index is -0.000275. The van der Waals surface area contributed by atoms with E-state index in [0.29, 0.717) is 0 Å². The third kappa shape index (κ3) is 3.74. The van der Waals surface area contributed by atoms with Crippen molar-refractivity contribution in [2.45, 2.75) is 33.1 Å². The number of carbonyl (C=O) groups is 1. The smallest absolute Gasteiger partial charge is 0.251 e. The Morgan fingerprint density at radius 2 is 2.18 bits per heavy atom. The first-order valence-corrected chi connectivity index (χ1v) is 6.21. The van der Waals surface area contributed by atoms with Crippen molar-refractivity contribution >= 4 is 12.0 Å². The van der Waals surface area contributed by atoms with Crippen LogP contribution in [0.15, 0.2) is 24.8 Å². The molecule has 0 saturated heterocycles. The van der Waals surface area contributed by atoms with E-state index in [1.54, 1.807) is 6.08 Å². The number of hydrogen-bond acceptors (Lipinski definition) is 1. The van der Waals surface area contributed by atoms with Crippen LogP contribution in [-0.2, 0) is 0 Å². The van der Waals surface area contributed by atoms with Crippen LogP contribution in [0.2, 0.25) is 0 Å². The SMILES string of the molecule is C=Cc1c(C)cccc1C(=O)NCCCCC. The number of unbranched alkanes of at least 4 members (excludes halogenated alkanes) is 2. The second-order valence-corrected chi connectivity index (χ2v) is 4.20. The van der Waals surface area contributed by atoms with E-state index in [2.05, 4.69) is 18.8 Å². The predicted octanol–water partition coefficient (Wildman–Crippen LogP) is 3.56. The molecule has 1 N–H and O–H groups in total. The van der Waals surface area contributed by atoms with Crippen molar-refractivity contribution in [3.05, 3.63) is 41.5 Å². The molecule has 0 heterocycles. The van der Waals surface area contributed by atoms with Gasteiger partial charge in [0, 0.05) is 12.1 Å². The van der Waals surface area contributed by atoms with Crippen molar-refractivity contribution in [3.8, 4) is 0 Å². The molecule has 17 heavy (non-hydrogen) atoms. The molecular formula is C15H21NO. The van der Waals surface area contributed by atoms with Gasteiger partial charge in [-0.15, -0.1) is 0 Å². The summed E-state index contributed by atoms with van der Waals surface area (Å²) in [4.78, 5) is 12.0. The van der Waals surface area contributed by atoms with Gasteiger partial charge in [-0.05, 0) is 30.5 Å². The molecule has 1 rings (SSSR count). The average molecular weight is 231 g/mol.